The monoisotopic (exact) mass is 292 g/mol. The van der Waals surface area contributed by atoms with E-state index >= 15 is 0 Å². The van der Waals surface area contributed by atoms with Gasteiger partial charge in [0.1, 0.15) is 5.60 Å². The van der Waals surface area contributed by atoms with Crippen LogP contribution < -0.4 is 10.4 Å². The molecule has 5 heteroatoms. The molecule has 0 aromatic heterocycles. The number of nitrogens with one attached hydrogen (secondary N) is 1. The predicted molar refractivity (Wildman–Crippen MR) is 77.5 cm³/mol. The van der Waals surface area contributed by atoms with Gasteiger partial charge in [-0.1, -0.05) is 30.3 Å². The molecule has 0 aliphatic heterocycles. The Morgan fingerprint density at radius 3 is 2.38 bits per heavy atom. The first-order chi connectivity index (χ1) is 9.76. The minimum absolute atomic E-state index is 0.230. The van der Waals surface area contributed by atoms with Gasteiger partial charge in [0.25, 0.3) is 0 Å². The highest BCUT2D eigenvalue weighted by molar-refractivity contribution is 5.70. The van der Waals surface area contributed by atoms with E-state index < -0.39 is 23.7 Å². The molecule has 0 spiro atoms. The normalized spacial score (nSPS) is 12.5. The van der Waals surface area contributed by atoms with Crippen molar-refractivity contribution in [2.75, 3.05) is 0 Å². The van der Waals surface area contributed by atoms with Crippen molar-refractivity contribution in [3.8, 4) is 0 Å². The van der Waals surface area contributed by atoms with Crippen LogP contribution in [0.4, 0.5) is 4.79 Å². The summed E-state index contributed by atoms with van der Waals surface area (Å²) in [5.74, 6) is -1.19. The molecule has 1 aromatic carbocycles. The molecule has 116 valence electrons. The van der Waals surface area contributed by atoms with Crippen molar-refractivity contribution in [1.82, 2.24) is 5.32 Å². The number of carboxylic acids is 1. The van der Waals surface area contributed by atoms with Crippen molar-refractivity contribution < 1.29 is 19.4 Å². The molecule has 1 aromatic rings. The Hall–Kier alpha value is -2.04. The maximum atomic E-state index is 11.7. The van der Waals surface area contributed by atoms with Gasteiger partial charge in [0.2, 0.25) is 0 Å². The van der Waals surface area contributed by atoms with Gasteiger partial charge in [0.15, 0.2) is 0 Å². The van der Waals surface area contributed by atoms with Crippen LogP contribution in [0.3, 0.4) is 0 Å². The molecule has 0 fully saturated rings. The highest BCUT2D eigenvalue weighted by Gasteiger charge is 2.19. The second-order valence-corrected chi connectivity index (χ2v) is 5.94. The number of hydrogen-bond donors (Lipinski definition) is 1. The number of benzene rings is 1. The molecule has 1 N–H and O–H groups in total. The summed E-state index contributed by atoms with van der Waals surface area (Å²) in [6.45, 7) is 5.26. The number of carbonyl (C=O) groups is 2. The molecule has 1 atom stereocenters. The average Bonchev–Trinajstić information content (AvgIpc) is 2.34. The molecular weight excluding hydrogens is 270 g/mol. The smallest absolute Gasteiger partial charge is 0.407 e. The first-order valence-electron chi connectivity index (χ1n) is 6.99. The van der Waals surface area contributed by atoms with E-state index in [1.807, 2.05) is 30.3 Å². The molecule has 0 bridgehead atoms. The Labute approximate surface area is 125 Å². The number of carbonyl (C=O) groups excluding carboxylic acids is 2. The van der Waals surface area contributed by atoms with E-state index in [2.05, 4.69) is 5.32 Å². The summed E-state index contributed by atoms with van der Waals surface area (Å²) >= 11 is 0. The highest BCUT2D eigenvalue weighted by atomic mass is 16.6. The van der Waals surface area contributed by atoms with E-state index in [1.165, 1.54) is 0 Å². The predicted octanol–water partition coefficient (Wildman–Crippen LogP) is 1.65. The van der Waals surface area contributed by atoms with E-state index in [4.69, 9.17) is 4.74 Å². The third kappa shape index (κ3) is 7.97. The van der Waals surface area contributed by atoms with Gasteiger partial charge in [-0.2, -0.15) is 0 Å². The van der Waals surface area contributed by atoms with Crippen LogP contribution in [0.5, 0.6) is 0 Å². The number of hydrogen-bond acceptors (Lipinski definition) is 4. The zero-order chi connectivity index (χ0) is 15.9. The minimum Gasteiger partial charge on any atom is -0.550 e. The summed E-state index contributed by atoms with van der Waals surface area (Å²) in [6, 6.07) is 9.17. The lowest BCUT2D eigenvalue weighted by molar-refractivity contribution is -0.306. The van der Waals surface area contributed by atoms with E-state index in [1.54, 1.807) is 20.8 Å². The van der Waals surface area contributed by atoms with Gasteiger partial charge in [-0.15, -0.1) is 0 Å². The van der Waals surface area contributed by atoms with E-state index in [0.29, 0.717) is 12.8 Å². The van der Waals surface area contributed by atoms with Crippen LogP contribution in [0.1, 0.15) is 39.2 Å². The molecule has 1 amide bonds. The fourth-order valence-corrected chi connectivity index (χ4v) is 1.89. The lowest BCUT2D eigenvalue weighted by atomic mass is 10.0. The van der Waals surface area contributed by atoms with Crippen LogP contribution in [0.25, 0.3) is 0 Å². The summed E-state index contributed by atoms with van der Waals surface area (Å²) in [6.07, 6.45) is 0.347. The zero-order valence-corrected chi connectivity index (χ0v) is 12.7. The van der Waals surface area contributed by atoms with Gasteiger partial charge in [-0.05, 0) is 39.2 Å². The standard InChI is InChI=1S/C16H23NO4/c1-16(2,3)21-15(20)17-13(11-14(18)19)10-9-12-7-5-4-6-8-12/h4-8,13H,9-11H2,1-3H3,(H,17,20)(H,18,19)/p-1/t13-/m0/s1. The van der Waals surface area contributed by atoms with Crippen LogP contribution >= 0.6 is 0 Å². The van der Waals surface area contributed by atoms with Crippen LogP contribution in [0.15, 0.2) is 30.3 Å². The third-order valence-electron chi connectivity index (χ3n) is 2.76. The number of amides is 1. The van der Waals surface area contributed by atoms with Crippen LogP contribution in [0.2, 0.25) is 0 Å². The molecule has 0 saturated heterocycles. The molecular formula is C16H22NO4-. The molecule has 0 aliphatic carbocycles. The number of aliphatic carboxylic acids is 1. The quantitative estimate of drug-likeness (QED) is 0.864. The van der Waals surface area contributed by atoms with Crippen molar-refractivity contribution in [2.45, 2.75) is 51.7 Å². The van der Waals surface area contributed by atoms with E-state index in [-0.39, 0.29) is 6.42 Å². The van der Waals surface area contributed by atoms with Crippen molar-refractivity contribution in [3.05, 3.63) is 35.9 Å². The molecule has 5 nitrogen and oxygen atoms in total. The Bertz CT molecular complexity index is 465. The molecule has 0 unspecified atom stereocenters. The van der Waals surface area contributed by atoms with Gasteiger partial charge in [-0.3, -0.25) is 0 Å². The number of aryl methyl sites for hydroxylation is 1. The number of ether oxygens (including phenoxy) is 1. The van der Waals surface area contributed by atoms with Crippen molar-refractivity contribution in [3.63, 3.8) is 0 Å². The summed E-state index contributed by atoms with van der Waals surface area (Å²) < 4.78 is 5.14. The maximum absolute atomic E-state index is 11.7. The van der Waals surface area contributed by atoms with E-state index in [9.17, 15) is 14.7 Å². The largest absolute Gasteiger partial charge is 0.550 e. The maximum Gasteiger partial charge on any atom is 0.407 e. The lowest BCUT2D eigenvalue weighted by Crippen LogP contribution is -2.42. The van der Waals surface area contributed by atoms with Gasteiger partial charge >= 0.3 is 6.09 Å². The van der Waals surface area contributed by atoms with Gasteiger partial charge in [-0.25, -0.2) is 4.79 Å². The highest BCUT2D eigenvalue weighted by Crippen LogP contribution is 2.10. The molecule has 21 heavy (non-hydrogen) atoms. The SMILES string of the molecule is CC(C)(C)OC(=O)N[C@@H](CCc1ccccc1)CC(=O)[O-]. The van der Waals surface area contributed by atoms with Crippen LogP contribution in [0, 0.1) is 0 Å². The fourth-order valence-electron chi connectivity index (χ4n) is 1.89. The third-order valence-corrected chi connectivity index (χ3v) is 2.76. The topological polar surface area (TPSA) is 78.5 Å². The summed E-state index contributed by atoms with van der Waals surface area (Å²) in [7, 11) is 0. The fraction of sp³-hybridized carbons (Fsp3) is 0.500. The number of rotatable bonds is 6. The minimum atomic E-state index is -1.19. The van der Waals surface area contributed by atoms with Gasteiger partial charge in [0.05, 0.1) is 0 Å². The molecule has 0 radical (unpaired) electrons. The molecule has 0 saturated carbocycles. The van der Waals surface area contributed by atoms with E-state index in [0.717, 1.165) is 5.56 Å². The Kier molecular flexibility index (Phi) is 6.21. The molecule has 1 rings (SSSR count). The summed E-state index contributed by atoms with van der Waals surface area (Å²) in [5.41, 5.74) is 0.474. The first-order valence-corrected chi connectivity index (χ1v) is 6.99. The molecule has 0 aliphatic rings. The number of carboxylic acid groups (broad SMARTS) is 1. The van der Waals surface area contributed by atoms with Gasteiger partial charge < -0.3 is 20.0 Å². The van der Waals surface area contributed by atoms with Crippen molar-refractivity contribution in [1.29, 1.82) is 0 Å². The summed E-state index contributed by atoms with van der Waals surface area (Å²) in [5, 5.41) is 13.4. The number of alkyl carbamates (subject to hydrolysis) is 1. The average molecular weight is 292 g/mol. The zero-order valence-electron chi connectivity index (χ0n) is 12.7. The van der Waals surface area contributed by atoms with Crippen LogP contribution in [-0.4, -0.2) is 23.7 Å². The molecule has 0 heterocycles. The Morgan fingerprint density at radius 2 is 1.86 bits per heavy atom. The lowest BCUT2D eigenvalue weighted by Gasteiger charge is -2.24. The van der Waals surface area contributed by atoms with Gasteiger partial charge in [0, 0.05) is 18.4 Å². The van der Waals surface area contributed by atoms with Crippen molar-refractivity contribution >= 4 is 12.1 Å². The Balaban J connectivity index is 2.55. The van der Waals surface area contributed by atoms with Crippen molar-refractivity contribution in [2.24, 2.45) is 0 Å². The Morgan fingerprint density at radius 1 is 1.24 bits per heavy atom. The second kappa shape index (κ2) is 7.67. The van der Waals surface area contributed by atoms with Crippen LogP contribution in [-0.2, 0) is 16.0 Å². The summed E-state index contributed by atoms with van der Waals surface area (Å²) in [4.78, 5) is 22.5. The second-order valence-electron chi connectivity index (χ2n) is 5.94. The first kappa shape index (κ1) is 17.0.